The number of hydrogen-bond acceptors (Lipinski definition) is 9. The quantitative estimate of drug-likeness (QED) is 0.677. The highest BCUT2D eigenvalue weighted by Crippen LogP contribution is 2.33. The van der Waals surface area contributed by atoms with Crippen LogP contribution < -0.4 is 11.0 Å². The molecule has 4 atom stereocenters. The normalized spacial score (nSPS) is 22.6. The van der Waals surface area contributed by atoms with E-state index in [1.807, 2.05) is 0 Å². The van der Waals surface area contributed by atoms with Gasteiger partial charge >= 0.3 is 17.6 Å². The molecule has 11 nitrogen and oxygen atoms in total. The van der Waals surface area contributed by atoms with Crippen molar-refractivity contribution < 1.29 is 33.0 Å². The lowest BCUT2D eigenvalue weighted by Gasteiger charge is -2.23. The number of ether oxygens (including phenoxy) is 3. The zero-order valence-corrected chi connectivity index (χ0v) is 16.8. The van der Waals surface area contributed by atoms with Crippen molar-refractivity contribution in [2.24, 2.45) is 0 Å². The monoisotopic (exact) mass is 434 g/mol. The maximum atomic E-state index is 14.7. The summed E-state index contributed by atoms with van der Waals surface area (Å²) >= 11 is 0. The summed E-state index contributed by atoms with van der Waals surface area (Å²) in [5.41, 5.74) is -0.847. The number of nitrogens with one attached hydrogen (secondary N) is 1. The van der Waals surface area contributed by atoms with E-state index in [2.05, 4.69) is 15.3 Å². The summed E-state index contributed by atoms with van der Waals surface area (Å²) in [5.74, 6) is -3.71. The summed E-state index contributed by atoms with van der Waals surface area (Å²) in [5, 5.41) is 2.20. The Balaban J connectivity index is 1.90. The smallest absolute Gasteiger partial charge is 0.351 e. The van der Waals surface area contributed by atoms with Gasteiger partial charge in [0.15, 0.2) is 30.1 Å². The first-order valence-electron chi connectivity index (χ1n) is 9.17. The Morgan fingerprint density at radius 2 is 1.87 bits per heavy atom. The van der Waals surface area contributed by atoms with Gasteiger partial charge in [0.05, 0.1) is 17.9 Å². The van der Waals surface area contributed by atoms with Crippen molar-refractivity contribution in [3.63, 3.8) is 0 Å². The minimum absolute atomic E-state index is 0.139. The summed E-state index contributed by atoms with van der Waals surface area (Å²) in [6.07, 6.45) is -0.821. The van der Waals surface area contributed by atoms with E-state index in [9.17, 15) is 23.6 Å². The van der Waals surface area contributed by atoms with Crippen LogP contribution in [0, 0.1) is 5.82 Å². The SMILES string of the molecule is CC(=O)O[C@@H]1[C@H](OC(C)=O)[C@@H](C)O[C@H]1n1cc(F)c(NC(=O)c2cccnc2)nc1=O. The number of halogens is 1. The lowest BCUT2D eigenvalue weighted by atomic mass is 10.1. The Morgan fingerprint density at radius 3 is 2.48 bits per heavy atom. The van der Waals surface area contributed by atoms with Gasteiger partial charge in [0.25, 0.3) is 5.91 Å². The number of anilines is 1. The molecule has 0 unspecified atom stereocenters. The van der Waals surface area contributed by atoms with Crippen molar-refractivity contribution in [2.45, 2.75) is 45.3 Å². The highest BCUT2D eigenvalue weighted by atomic mass is 19.1. The zero-order valence-electron chi connectivity index (χ0n) is 16.8. The molecule has 1 N–H and O–H groups in total. The molecule has 2 aromatic rings. The molecule has 1 amide bonds. The molecule has 164 valence electrons. The van der Waals surface area contributed by atoms with Crippen molar-refractivity contribution >= 4 is 23.7 Å². The van der Waals surface area contributed by atoms with E-state index >= 15 is 0 Å². The number of rotatable bonds is 5. The molecule has 0 bridgehead atoms. The topological polar surface area (TPSA) is 139 Å². The molecule has 31 heavy (non-hydrogen) atoms. The Kier molecular flexibility index (Phi) is 6.39. The van der Waals surface area contributed by atoms with Crippen LogP contribution in [0.25, 0.3) is 0 Å². The van der Waals surface area contributed by atoms with Crippen LogP contribution in [-0.2, 0) is 23.8 Å². The highest BCUT2D eigenvalue weighted by molar-refractivity contribution is 6.03. The van der Waals surface area contributed by atoms with Crippen molar-refractivity contribution in [1.82, 2.24) is 14.5 Å². The van der Waals surface area contributed by atoms with Gasteiger partial charge in [0.2, 0.25) is 0 Å². The zero-order chi connectivity index (χ0) is 22.7. The molecule has 1 fully saturated rings. The van der Waals surface area contributed by atoms with Gasteiger partial charge in [0.1, 0.15) is 0 Å². The number of carbonyl (C=O) groups excluding carboxylic acids is 3. The van der Waals surface area contributed by atoms with Crippen LogP contribution in [0.5, 0.6) is 0 Å². The van der Waals surface area contributed by atoms with Crippen LogP contribution >= 0.6 is 0 Å². The van der Waals surface area contributed by atoms with E-state index in [4.69, 9.17) is 14.2 Å². The molecule has 0 saturated carbocycles. The number of pyridine rings is 1. The van der Waals surface area contributed by atoms with Crippen LogP contribution in [0.4, 0.5) is 10.2 Å². The number of aromatic nitrogens is 3. The maximum Gasteiger partial charge on any atom is 0.351 e. The molecule has 12 heteroatoms. The van der Waals surface area contributed by atoms with E-state index in [-0.39, 0.29) is 5.56 Å². The summed E-state index contributed by atoms with van der Waals surface area (Å²) in [4.78, 5) is 55.0. The molecule has 1 saturated heterocycles. The predicted octanol–water partition coefficient (Wildman–Crippen LogP) is 0.810. The second-order valence-corrected chi connectivity index (χ2v) is 6.70. The van der Waals surface area contributed by atoms with Crippen molar-refractivity contribution in [3.05, 3.63) is 52.6 Å². The number of nitrogens with zero attached hydrogens (tertiary/aromatic N) is 3. The first-order chi connectivity index (χ1) is 14.7. The van der Waals surface area contributed by atoms with Gasteiger partial charge in [-0.15, -0.1) is 0 Å². The minimum Gasteiger partial charge on any atom is -0.456 e. The first-order valence-corrected chi connectivity index (χ1v) is 9.17. The number of hydrogen-bond donors (Lipinski definition) is 1. The van der Waals surface area contributed by atoms with Crippen LogP contribution in [0.3, 0.4) is 0 Å². The summed E-state index contributed by atoms with van der Waals surface area (Å²) < 4.78 is 31.4. The van der Waals surface area contributed by atoms with E-state index in [1.54, 1.807) is 6.92 Å². The fourth-order valence-electron chi connectivity index (χ4n) is 3.09. The van der Waals surface area contributed by atoms with Crippen LogP contribution in [0.1, 0.15) is 37.4 Å². The molecule has 1 aliphatic heterocycles. The molecular formula is C19H19FN4O7. The Labute approximate surface area is 175 Å². The summed E-state index contributed by atoms with van der Waals surface area (Å²) in [7, 11) is 0. The van der Waals surface area contributed by atoms with Crippen LogP contribution in [0.15, 0.2) is 35.5 Å². The van der Waals surface area contributed by atoms with Gasteiger partial charge < -0.3 is 19.5 Å². The molecule has 2 aromatic heterocycles. The second-order valence-electron chi connectivity index (χ2n) is 6.70. The molecular weight excluding hydrogens is 415 g/mol. The Morgan fingerprint density at radius 1 is 1.19 bits per heavy atom. The number of carbonyl (C=O) groups is 3. The summed E-state index contributed by atoms with van der Waals surface area (Å²) in [6.45, 7) is 3.84. The van der Waals surface area contributed by atoms with Gasteiger partial charge in [0, 0.05) is 26.2 Å². The van der Waals surface area contributed by atoms with E-state index < -0.39 is 59.7 Å². The highest BCUT2D eigenvalue weighted by Gasteiger charge is 2.48. The first kappa shape index (κ1) is 22.0. The predicted molar refractivity (Wildman–Crippen MR) is 101 cm³/mol. The third kappa shape index (κ3) is 4.91. The maximum absolute atomic E-state index is 14.7. The third-order valence-corrected chi connectivity index (χ3v) is 4.36. The molecule has 0 aliphatic carbocycles. The molecule has 1 aliphatic rings. The fraction of sp³-hybridized carbons (Fsp3) is 0.368. The largest absolute Gasteiger partial charge is 0.456 e. The fourth-order valence-corrected chi connectivity index (χ4v) is 3.09. The molecule has 0 spiro atoms. The van der Waals surface area contributed by atoms with Crippen molar-refractivity contribution in [2.75, 3.05) is 5.32 Å². The molecule has 0 radical (unpaired) electrons. The second kappa shape index (κ2) is 9.00. The minimum atomic E-state index is -1.30. The Bertz CT molecular complexity index is 1060. The average molecular weight is 434 g/mol. The van der Waals surface area contributed by atoms with Crippen LogP contribution in [-0.4, -0.2) is 50.7 Å². The van der Waals surface area contributed by atoms with Crippen molar-refractivity contribution in [1.29, 1.82) is 0 Å². The molecule has 3 heterocycles. The number of amides is 1. The van der Waals surface area contributed by atoms with E-state index in [0.717, 1.165) is 24.6 Å². The average Bonchev–Trinajstić information content (AvgIpc) is 2.99. The molecule has 0 aromatic carbocycles. The van der Waals surface area contributed by atoms with Crippen molar-refractivity contribution in [3.8, 4) is 0 Å². The standard InChI is InChI=1S/C19H19FN4O7/c1-9-14(30-10(2)25)15(31-11(3)26)18(29-9)24-8-13(20)16(23-19(24)28)22-17(27)12-5-4-6-21-7-12/h4-9,14-15,18H,1-3H3,(H,22,23,27,28)/t9-,14-,15-,18-/m1/s1. The lowest BCUT2D eigenvalue weighted by Crippen LogP contribution is -2.40. The van der Waals surface area contributed by atoms with Gasteiger partial charge in [-0.05, 0) is 19.1 Å². The lowest BCUT2D eigenvalue weighted by molar-refractivity contribution is -0.165. The molecule has 3 rings (SSSR count). The van der Waals surface area contributed by atoms with E-state index in [0.29, 0.717) is 0 Å². The Hall–Kier alpha value is -3.67. The van der Waals surface area contributed by atoms with E-state index in [1.165, 1.54) is 24.5 Å². The third-order valence-electron chi connectivity index (χ3n) is 4.36. The van der Waals surface area contributed by atoms with Crippen LogP contribution in [0.2, 0.25) is 0 Å². The van der Waals surface area contributed by atoms with Gasteiger partial charge in [-0.1, -0.05) is 0 Å². The van der Waals surface area contributed by atoms with Gasteiger partial charge in [-0.25, -0.2) is 9.18 Å². The summed E-state index contributed by atoms with van der Waals surface area (Å²) in [6, 6.07) is 2.97. The van der Waals surface area contributed by atoms with Gasteiger partial charge in [-0.2, -0.15) is 4.98 Å². The number of esters is 2. The van der Waals surface area contributed by atoms with Gasteiger partial charge in [-0.3, -0.25) is 23.9 Å².